The number of benzene rings is 2. The van der Waals surface area contributed by atoms with E-state index in [1.54, 1.807) is 12.1 Å². The van der Waals surface area contributed by atoms with Crippen LogP contribution in [0.4, 0.5) is 0 Å². The number of ketones is 1. The Morgan fingerprint density at radius 1 is 1.05 bits per heavy atom. The fourth-order valence-corrected chi connectivity index (χ4v) is 3.49. The maximum Gasteiger partial charge on any atom is 0.178 e. The van der Waals surface area contributed by atoms with Gasteiger partial charge in [-0.1, -0.05) is 36.4 Å². The van der Waals surface area contributed by atoms with Crippen LogP contribution in [0.2, 0.25) is 0 Å². The first-order chi connectivity index (χ1) is 10.2. The summed E-state index contributed by atoms with van der Waals surface area (Å²) in [6, 6.07) is 16.8. The molecule has 0 saturated carbocycles. The molecule has 21 heavy (non-hydrogen) atoms. The van der Waals surface area contributed by atoms with Gasteiger partial charge in [-0.05, 0) is 25.1 Å². The van der Waals surface area contributed by atoms with Gasteiger partial charge < -0.3 is 4.98 Å². The van der Waals surface area contributed by atoms with Gasteiger partial charge in [-0.3, -0.25) is 9.00 Å². The SMILES string of the molecule is Cc1[nH]c2ccccc2c1C(=O)CS(=O)c1ccccc1. The van der Waals surface area contributed by atoms with Gasteiger partial charge in [0.05, 0.1) is 16.6 Å². The van der Waals surface area contributed by atoms with Gasteiger partial charge in [0, 0.05) is 27.1 Å². The molecule has 1 heterocycles. The van der Waals surface area contributed by atoms with Gasteiger partial charge in [-0.2, -0.15) is 0 Å². The van der Waals surface area contributed by atoms with Crippen molar-refractivity contribution < 1.29 is 9.00 Å². The maximum atomic E-state index is 12.5. The average Bonchev–Trinajstić information content (AvgIpc) is 2.83. The maximum absolute atomic E-state index is 12.5. The fourth-order valence-electron chi connectivity index (χ4n) is 2.48. The lowest BCUT2D eigenvalue weighted by atomic mass is 10.1. The van der Waals surface area contributed by atoms with E-state index in [-0.39, 0.29) is 11.5 Å². The third kappa shape index (κ3) is 2.67. The summed E-state index contributed by atoms with van der Waals surface area (Å²) >= 11 is 0. The molecule has 0 saturated heterocycles. The summed E-state index contributed by atoms with van der Waals surface area (Å²) in [7, 11) is -1.31. The largest absolute Gasteiger partial charge is 0.358 e. The predicted octanol–water partition coefficient (Wildman–Crippen LogP) is 3.47. The molecular weight excluding hydrogens is 282 g/mol. The van der Waals surface area contributed by atoms with Gasteiger partial charge in [-0.25, -0.2) is 0 Å². The fraction of sp³-hybridized carbons (Fsp3) is 0.118. The summed E-state index contributed by atoms with van der Waals surface area (Å²) in [6.45, 7) is 1.87. The normalized spacial score (nSPS) is 12.4. The Hall–Kier alpha value is -2.20. The van der Waals surface area contributed by atoms with Crippen LogP contribution in [0.5, 0.6) is 0 Å². The topological polar surface area (TPSA) is 49.9 Å². The first-order valence-electron chi connectivity index (χ1n) is 6.71. The summed E-state index contributed by atoms with van der Waals surface area (Å²) in [4.78, 5) is 16.4. The lowest BCUT2D eigenvalue weighted by Crippen LogP contribution is -2.11. The van der Waals surface area contributed by atoms with Gasteiger partial charge >= 0.3 is 0 Å². The number of hydrogen-bond acceptors (Lipinski definition) is 2. The molecular formula is C17H15NO2S. The molecule has 1 N–H and O–H groups in total. The Bertz CT molecular complexity index is 821. The van der Waals surface area contributed by atoms with Crippen molar-refractivity contribution in [1.29, 1.82) is 0 Å². The van der Waals surface area contributed by atoms with Crippen molar-refractivity contribution in [2.75, 3.05) is 5.75 Å². The number of aryl methyl sites for hydroxylation is 1. The molecule has 106 valence electrons. The van der Waals surface area contributed by atoms with Gasteiger partial charge in [0.2, 0.25) is 0 Å². The molecule has 0 aliphatic heterocycles. The first kappa shape index (κ1) is 13.8. The van der Waals surface area contributed by atoms with Crippen LogP contribution in [0, 0.1) is 6.92 Å². The van der Waals surface area contributed by atoms with Gasteiger partial charge in [0.25, 0.3) is 0 Å². The van der Waals surface area contributed by atoms with E-state index in [0.29, 0.717) is 10.5 Å². The lowest BCUT2D eigenvalue weighted by molar-refractivity contribution is 0.102. The third-order valence-electron chi connectivity index (χ3n) is 3.44. The second-order valence-corrected chi connectivity index (χ2v) is 6.35. The van der Waals surface area contributed by atoms with Crippen LogP contribution in [0.25, 0.3) is 10.9 Å². The van der Waals surface area contributed by atoms with Crippen LogP contribution in [0.15, 0.2) is 59.5 Å². The molecule has 0 aliphatic rings. The molecule has 4 heteroatoms. The van der Waals surface area contributed by atoms with Gasteiger partial charge in [0.15, 0.2) is 5.78 Å². The molecule has 0 amide bonds. The number of para-hydroxylation sites is 1. The molecule has 0 aliphatic carbocycles. The zero-order valence-electron chi connectivity index (χ0n) is 11.6. The average molecular weight is 297 g/mol. The zero-order chi connectivity index (χ0) is 14.8. The van der Waals surface area contributed by atoms with Crippen molar-refractivity contribution >= 4 is 27.5 Å². The molecule has 3 nitrogen and oxygen atoms in total. The van der Waals surface area contributed by atoms with Crippen LogP contribution >= 0.6 is 0 Å². The van der Waals surface area contributed by atoms with Crippen molar-refractivity contribution in [3.8, 4) is 0 Å². The smallest absolute Gasteiger partial charge is 0.178 e. The predicted molar refractivity (Wildman–Crippen MR) is 85.1 cm³/mol. The van der Waals surface area contributed by atoms with E-state index in [1.165, 1.54) is 0 Å². The highest BCUT2D eigenvalue weighted by Gasteiger charge is 2.18. The first-order valence-corrected chi connectivity index (χ1v) is 8.02. The molecule has 3 aromatic rings. The molecule has 1 aromatic heterocycles. The highest BCUT2D eigenvalue weighted by Crippen LogP contribution is 2.23. The van der Waals surface area contributed by atoms with Gasteiger partial charge in [0.1, 0.15) is 0 Å². The number of fused-ring (bicyclic) bond motifs is 1. The molecule has 0 fully saturated rings. The standard InChI is InChI=1S/C17H15NO2S/c1-12-17(14-9-5-6-10-15(14)18-12)16(19)11-21(20)13-7-3-2-4-8-13/h2-10,18H,11H2,1H3. The Morgan fingerprint density at radius 3 is 2.48 bits per heavy atom. The second-order valence-electron chi connectivity index (χ2n) is 4.90. The monoisotopic (exact) mass is 297 g/mol. The number of aromatic nitrogens is 1. The molecule has 0 spiro atoms. The number of aromatic amines is 1. The minimum Gasteiger partial charge on any atom is -0.358 e. The van der Waals surface area contributed by atoms with Crippen LogP contribution in [0.3, 0.4) is 0 Å². The number of nitrogens with one attached hydrogen (secondary N) is 1. The van der Waals surface area contributed by atoms with E-state index in [1.807, 2.05) is 49.4 Å². The Balaban J connectivity index is 1.91. The molecule has 0 radical (unpaired) electrons. The minimum atomic E-state index is -1.31. The molecule has 1 unspecified atom stereocenters. The number of rotatable bonds is 4. The molecule has 3 rings (SSSR count). The van der Waals surface area contributed by atoms with Crippen molar-refractivity contribution in [1.82, 2.24) is 4.98 Å². The van der Waals surface area contributed by atoms with E-state index in [9.17, 15) is 9.00 Å². The van der Waals surface area contributed by atoms with E-state index < -0.39 is 10.8 Å². The van der Waals surface area contributed by atoms with Crippen LogP contribution in [0.1, 0.15) is 16.1 Å². The van der Waals surface area contributed by atoms with E-state index in [2.05, 4.69) is 4.98 Å². The summed E-state index contributed by atoms with van der Waals surface area (Å²) in [5, 5.41) is 0.894. The van der Waals surface area contributed by atoms with Gasteiger partial charge in [-0.15, -0.1) is 0 Å². The number of carbonyl (C=O) groups is 1. The van der Waals surface area contributed by atoms with Crippen molar-refractivity contribution in [3.63, 3.8) is 0 Å². The van der Waals surface area contributed by atoms with E-state index in [0.717, 1.165) is 16.6 Å². The number of Topliss-reactive ketones (excluding diaryl/α,β-unsaturated/α-hetero) is 1. The molecule has 0 bridgehead atoms. The Labute approximate surface area is 125 Å². The summed E-state index contributed by atoms with van der Waals surface area (Å²) < 4.78 is 12.3. The zero-order valence-corrected chi connectivity index (χ0v) is 12.4. The number of H-pyrrole nitrogens is 1. The highest BCUT2D eigenvalue weighted by atomic mass is 32.2. The van der Waals surface area contributed by atoms with E-state index in [4.69, 9.17) is 0 Å². The number of carbonyl (C=O) groups excluding carboxylic acids is 1. The van der Waals surface area contributed by atoms with Crippen molar-refractivity contribution in [3.05, 3.63) is 65.9 Å². The van der Waals surface area contributed by atoms with Crippen LogP contribution in [-0.4, -0.2) is 20.7 Å². The summed E-state index contributed by atoms with van der Waals surface area (Å²) in [5.41, 5.74) is 2.41. The Morgan fingerprint density at radius 2 is 1.71 bits per heavy atom. The lowest BCUT2D eigenvalue weighted by Gasteiger charge is -2.02. The third-order valence-corrected chi connectivity index (χ3v) is 4.76. The second kappa shape index (κ2) is 5.66. The summed E-state index contributed by atoms with van der Waals surface area (Å²) in [5.74, 6) is -0.0840. The quantitative estimate of drug-likeness (QED) is 0.750. The van der Waals surface area contributed by atoms with Crippen molar-refractivity contribution in [2.24, 2.45) is 0 Å². The highest BCUT2D eigenvalue weighted by molar-refractivity contribution is 7.85. The van der Waals surface area contributed by atoms with E-state index >= 15 is 0 Å². The van der Waals surface area contributed by atoms with Crippen LogP contribution < -0.4 is 0 Å². The molecule has 1 atom stereocenters. The minimum absolute atomic E-state index is 0.00665. The Kier molecular flexibility index (Phi) is 3.71. The molecule has 2 aromatic carbocycles. The van der Waals surface area contributed by atoms with Crippen molar-refractivity contribution in [2.45, 2.75) is 11.8 Å². The number of hydrogen-bond donors (Lipinski definition) is 1. The summed E-state index contributed by atoms with van der Waals surface area (Å²) in [6.07, 6.45) is 0. The van der Waals surface area contributed by atoms with Crippen LogP contribution in [-0.2, 0) is 10.8 Å².